The van der Waals surface area contributed by atoms with Crippen LogP contribution >= 0.6 is 15.9 Å². The molecule has 1 unspecified atom stereocenters. The second kappa shape index (κ2) is 5.70. The van der Waals surface area contributed by atoms with Crippen molar-refractivity contribution in [2.75, 3.05) is 0 Å². The molecule has 0 spiro atoms. The van der Waals surface area contributed by atoms with E-state index in [1.54, 1.807) is 6.20 Å². The van der Waals surface area contributed by atoms with Crippen molar-refractivity contribution in [3.63, 3.8) is 0 Å². The summed E-state index contributed by atoms with van der Waals surface area (Å²) >= 11 is 3.52. The minimum Gasteiger partial charge on any atom is -0.379 e. The lowest BCUT2D eigenvalue weighted by atomic mass is 9.88. The highest BCUT2D eigenvalue weighted by atomic mass is 79.9. The van der Waals surface area contributed by atoms with Gasteiger partial charge in [0.05, 0.1) is 16.4 Å². The normalized spacial score (nSPS) is 14.3. The van der Waals surface area contributed by atoms with Crippen molar-refractivity contribution in [3.05, 3.63) is 51.3 Å². The number of aryl methyl sites for hydroxylation is 3. The van der Waals surface area contributed by atoms with Gasteiger partial charge < -0.3 is 5.11 Å². The quantitative estimate of drug-likeness (QED) is 0.918. The Kier molecular flexibility index (Phi) is 4.35. The Morgan fingerprint density at radius 2 is 2.05 bits per heavy atom. The summed E-state index contributed by atoms with van der Waals surface area (Å²) in [5.41, 5.74) is 2.89. The Balaban J connectivity index is 2.60. The number of benzene rings is 1. The third-order valence-corrected chi connectivity index (χ3v) is 4.19. The van der Waals surface area contributed by atoms with E-state index in [0.29, 0.717) is 0 Å². The lowest BCUT2D eigenvalue weighted by molar-refractivity contribution is 0.0899. The van der Waals surface area contributed by atoms with Crippen molar-refractivity contribution < 1.29 is 5.11 Å². The molecule has 20 heavy (non-hydrogen) atoms. The maximum Gasteiger partial charge on any atom is 0.130 e. The smallest absolute Gasteiger partial charge is 0.130 e. The van der Waals surface area contributed by atoms with Crippen LogP contribution in [0.5, 0.6) is 0 Å². The Hall–Kier alpha value is -1.13. The minimum absolute atomic E-state index is 0.794. The maximum absolute atomic E-state index is 11.1. The van der Waals surface area contributed by atoms with E-state index in [1.165, 1.54) is 0 Å². The Bertz CT molecular complexity index is 617. The van der Waals surface area contributed by atoms with E-state index in [9.17, 15) is 5.11 Å². The van der Waals surface area contributed by atoms with Crippen LogP contribution in [-0.4, -0.2) is 14.9 Å². The molecular weight excluding hydrogens is 316 g/mol. The predicted octanol–water partition coefficient (Wildman–Crippen LogP) is 3.93. The first-order chi connectivity index (χ1) is 9.37. The largest absolute Gasteiger partial charge is 0.379 e. The lowest BCUT2D eigenvalue weighted by Crippen LogP contribution is -2.28. The fourth-order valence-corrected chi connectivity index (χ4v) is 3.30. The van der Waals surface area contributed by atoms with E-state index in [4.69, 9.17) is 0 Å². The second-order valence-electron chi connectivity index (χ2n) is 5.45. The molecule has 0 amide bonds. The Labute approximate surface area is 128 Å². The molecular formula is C16H21BrN2O. The summed E-state index contributed by atoms with van der Waals surface area (Å²) in [6.07, 6.45) is 2.73. The van der Waals surface area contributed by atoms with Gasteiger partial charge in [-0.05, 0) is 54.2 Å². The van der Waals surface area contributed by atoms with Crippen LogP contribution in [0.25, 0.3) is 0 Å². The van der Waals surface area contributed by atoms with Gasteiger partial charge in [-0.1, -0.05) is 30.7 Å². The van der Waals surface area contributed by atoms with Gasteiger partial charge in [0.1, 0.15) is 5.60 Å². The van der Waals surface area contributed by atoms with Crippen molar-refractivity contribution in [2.24, 2.45) is 0 Å². The molecule has 2 aromatic rings. The van der Waals surface area contributed by atoms with E-state index < -0.39 is 5.60 Å². The number of nitrogens with zero attached hydrogens (tertiary/aromatic N) is 2. The molecule has 4 heteroatoms. The second-order valence-corrected chi connectivity index (χ2v) is 6.31. The summed E-state index contributed by atoms with van der Waals surface area (Å²) in [7, 11) is 0. The average Bonchev–Trinajstić information content (AvgIpc) is 2.74. The van der Waals surface area contributed by atoms with Gasteiger partial charge in [-0.3, -0.25) is 4.68 Å². The van der Waals surface area contributed by atoms with Crippen LogP contribution < -0.4 is 0 Å². The van der Waals surface area contributed by atoms with Gasteiger partial charge in [0.2, 0.25) is 0 Å². The van der Waals surface area contributed by atoms with Gasteiger partial charge in [-0.25, -0.2) is 0 Å². The van der Waals surface area contributed by atoms with E-state index in [-0.39, 0.29) is 0 Å². The molecule has 0 aliphatic heterocycles. The van der Waals surface area contributed by atoms with E-state index >= 15 is 0 Å². The molecule has 1 N–H and O–H groups in total. The van der Waals surface area contributed by atoms with E-state index in [0.717, 1.165) is 39.8 Å². The molecule has 2 rings (SSSR count). The minimum atomic E-state index is -1.07. The summed E-state index contributed by atoms with van der Waals surface area (Å²) in [5.74, 6) is 0. The zero-order valence-corrected chi connectivity index (χ0v) is 14.0. The van der Waals surface area contributed by atoms with Gasteiger partial charge in [0.15, 0.2) is 0 Å². The van der Waals surface area contributed by atoms with Crippen LogP contribution in [0.3, 0.4) is 0 Å². The first kappa shape index (κ1) is 15.3. The van der Waals surface area contributed by atoms with Crippen LogP contribution in [0.15, 0.2) is 28.9 Å². The van der Waals surface area contributed by atoms with Crippen LogP contribution in [0.2, 0.25) is 0 Å². The first-order valence-electron chi connectivity index (χ1n) is 6.89. The van der Waals surface area contributed by atoms with Crippen molar-refractivity contribution in [1.29, 1.82) is 0 Å². The summed E-state index contributed by atoms with van der Waals surface area (Å²) < 4.78 is 2.73. The number of hydrogen-bond donors (Lipinski definition) is 1. The Morgan fingerprint density at radius 3 is 2.70 bits per heavy atom. The summed E-state index contributed by atoms with van der Waals surface area (Å²) in [6, 6.07) is 6.16. The summed E-state index contributed by atoms with van der Waals surface area (Å²) in [6.45, 7) is 8.80. The van der Waals surface area contributed by atoms with Crippen LogP contribution in [0.4, 0.5) is 0 Å². The number of aliphatic hydroxyl groups is 1. The first-order valence-corrected chi connectivity index (χ1v) is 7.69. The third-order valence-electron chi connectivity index (χ3n) is 3.61. The fourth-order valence-electron chi connectivity index (χ4n) is 2.62. The summed E-state index contributed by atoms with van der Waals surface area (Å²) in [4.78, 5) is 0. The third kappa shape index (κ3) is 2.67. The van der Waals surface area contributed by atoms with E-state index in [2.05, 4.69) is 34.0 Å². The SMILES string of the molecule is CCCn1ncc(Br)c1C(C)(O)c1cc(C)ccc1C. The van der Waals surface area contributed by atoms with Crippen molar-refractivity contribution in [2.45, 2.75) is 46.3 Å². The molecule has 108 valence electrons. The predicted molar refractivity (Wildman–Crippen MR) is 84.8 cm³/mol. The average molecular weight is 337 g/mol. The molecule has 0 fully saturated rings. The zero-order chi connectivity index (χ0) is 14.9. The van der Waals surface area contributed by atoms with Gasteiger partial charge in [-0.2, -0.15) is 5.10 Å². The number of aromatic nitrogens is 2. The zero-order valence-electron chi connectivity index (χ0n) is 12.4. The molecule has 0 aliphatic rings. The van der Waals surface area contributed by atoms with Crippen LogP contribution in [0.1, 0.15) is 42.7 Å². The fraction of sp³-hybridized carbons (Fsp3) is 0.438. The topological polar surface area (TPSA) is 38.0 Å². The highest BCUT2D eigenvalue weighted by Gasteiger charge is 2.33. The monoisotopic (exact) mass is 336 g/mol. The highest BCUT2D eigenvalue weighted by Crippen LogP contribution is 2.36. The van der Waals surface area contributed by atoms with Crippen molar-refractivity contribution in [1.82, 2.24) is 9.78 Å². The van der Waals surface area contributed by atoms with Gasteiger partial charge in [-0.15, -0.1) is 0 Å². The number of halogens is 1. The van der Waals surface area contributed by atoms with Gasteiger partial charge in [0.25, 0.3) is 0 Å². The van der Waals surface area contributed by atoms with Crippen LogP contribution in [0, 0.1) is 13.8 Å². The van der Waals surface area contributed by atoms with E-state index in [1.807, 2.05) is 37.6 Å². The molecule has 1 aromatic carbocycles. The summed E-state index contributed by atoms with van der Waals surface area (Å²) in [5, 5.41) is 15.5. The van der Waals surface area contributed by atoms with Gasteiger partial charge >= 0.3 is 0 Å². The lowest BCUT2D eigenvalue weighted by Gasteiger charge is -2.27. The molecule has 1 heterocycles. The van der Waals surface area contributed by atoms with Gasteiger partial charge in [0, 0.05) is 6.54 Å². The van der Waals surface area contributed by atoms with Crippen molar-refractivity contribution in [3.8, 4) is 0 Å². The number of hydrogen-bond acceptors (Lipinski definition) is 2. The van der Waals surface area contributed by atoms with Crippen molar-refractivity contribution >= 4 is 15.9 Å². The molecule has 3 nitrogen and oxygen atoms in total. The molecule has 0 saturated carbocycles. The highest BCUT2D eigenvalue weighted by molar-refractivity contribution is 9.10. The Morgan fingerprint density at radius 1 is 1.35 bits per heavy atom. The maximum atomic E-state index is 11.1. The molecule has 0 saturated heterocycles. The standard InChI is InChI=1S/C16H21BrN2O/c1-5-8-19-15(14(17)10-18-19)16(4,20)13-9-11(2)6-7-12(13)3/h6-7,9-10,20H,5,8H2,1-4H3. The number of rotatable bonds is 4. The molecule has 0 bridgehead atoms. The molecule has 0 aliphatic carbocycles. The van der Waals surface area contributed by atoms with Crippen LogP contribution in [-0.2, 0) is 12.1 Å². The molecule has 0 radical (unpaired) electrons. The molecule has 1 atom stereocenters. The molecule has 1 aromatic heterocycles.